The molecule has 0 aliphatic rings. The maximum atomic E-state index is 13.9. The molecule has 0 aliphatic carbocycles. The lowest BCUT2D eigenvalue weighted by Gasteiger charge is -2.16. The number of aromatic nitrogens is 4. The minimum atomic E-state index is -0.532. The summed E-state index contributed by atoms with van der Waals surface area (Å²) in [4.78, 5) is 47.6. The fraction of sp³-hybridized carbons (Fsp3) is 0.194. The zero-order chi connectivity index (χ0) is 30.0. The van der Waals surface area contributed by atoms with Crippen molar-refractivity contribution in [1.82, 2.24) is 29.7 Å². The third kappa shape index (κ3) is 5.54. The van der Waals surface area contributed by atoms with Crippen LogP contribution in [0.3, 0.4) is 0 Å². The molecule has 2 amide bonds. The first kappa shape index (κ1) is 28.4. The highest BCUT2D eigenvalue weighted by Crippen LogP contribution is 2.26. The summed E-state index contributed by atoms with van der Waals surface area (Å²) in [5.74, 6) is -0.659. The van der Waals surface area contributed by atoms with E-state index < -0.39 is 11.6 Å². The molecule has 3 heterocycles. The minimum Gasteiger partial charge on any atom is -0.355 e. The van der Waals surface area contributed by atoms with Crippen molar-refractivity contribution in [2.45, 2.75) is 26.4 Å². The van der Waals surface area contributed by atoms with Gasteiger partial charge in [0.25, 0.3) is 11.5 Å². The third-order valence-electron chi connectivity index (χ3n) is 7.11. The van der Waals surface area contributed by atoms with Gasteiger partial charge in [-0.25, -0.2) is 9.37 Å². The molecule has 0 aliphatic heterocycles. The topological polar surface area (TPSA) is 123 Å². The Bertz CT molecular complexity index is 1880. The molecule has 0 fully saturated rings. The number of hydrogen-bond donors (Lipinski definition) is 3. The summed E-state index contributed by atoms with van der Waals surface area (Å²) < 4.78 is 17.3. The number of carbonyl (C=O) groups excluding carboxylic acids is 2. The quantitative estimate of drug-likeness (QED) is 0.263. The van der Waals surface area contributed by atoms with Crippen LogP contribution in [0.15, 0.2) is 78.1 Å². The SMILES string of the molecule is CNC(=O)c1cccc(-c2ncc(NC(=O)[C@H](C)NC)c(=O)n2Cc2cncc(-n3cc(C)c4cc(F)ccc43)c2)c1. The number of hydrogen-bond acceptors (Lipinski definition) is 6. The molecule has 0 unspecified atom stereocenters. The zero-order valence-corrected chi connectivity index (χ0v) is 23.6. The molecule has 1 atom stereocenters. The second kappa shape index (κ2) is 11.8. The predicted octanol–water partition coefficient (Wildman–Crippen LogP) is 3.65. The lowest BCUT2D eigenvalue weighted by Crippen LogP contribution is -2.38. The van der Waals surface area contributed by atoms with Gasteiger partial charge in [0.05, 0.1) is 36.2 Å². The fourth-order valence-electron chi connectivity index (χ4n) is 4.73. The van der Waals surface area contributed by atoms with Crippen LogP contribution in [0.25, 0.3) is 28.0 Å². The maximum absolute atomic E-state index is 13.9. The first-order valence-corrected chi connectivity index (χ1v) is 13.3. The van der Waals surface area contributed by atoms with Crippen LogP contribution in [0.4, 0.5) is 10.1 Å². The van der Waals surface area contributed by atoms with Gasteiger partial charge in [0.15, 0.2) is 0 Å². The largest absolute Gasteiger partial charge is 0.355 e. The highest BCUT2D eigenvalue weighted by molar-refractivity contribution is 5.95. The molecule has 0 spiro atoms. The van der Waals surface area contributed by atoms with E-state index in [4.69, 9.17) is 0 Å². The van der Waals surface area contributed by atoms with Crippen molar-refractivity contribution in [1.29, 1.82) is 0 Å². The van der Waals surface area contributed by atoms with Crippen LogP contribution in [-0.4, -0.2) is 51.1 Å². The Kier molecular flexibility index (Phi) is 7.94. The number of carbonyl (C=O) groups is 2. The monoisotopic (exact) mass is 567 g/mol. The molecule has 0 saturated heterocycles. The number of aryl methyl sites for hydroxylation is 1. The van der Waals surface area contributed by atoms with E-state index >= 15 is 0 Å². The number of benzene rings is 2. The molecule has 0 radical (unpaired) electrons. The van der Waals surface area contributed by atoms with E-state index in [-0.39, 0.29) is 29.9 Å². The van der Waals surface area contributed by atoms with Crippen molar-refractivity contribution >= 4 is 28.4 Å². The first-order valence-electron chi connectivity index (χ1n) is 13.3. The number of amides is 2. The average Bonchev–Trinajstić information content (AvgIpc) is 3.33. The van der Waals surface area contributed by atoms with Crippen LogP contribution in [0.2, 0.25) is 0 Å². The van der Waals surface area contributed by atoms with E-state index in [1.807, 2.05) is 23.8 Å². The van der Waals surface area contributed by atoms with Crippen LogP contribution < -0.4 is 21.5 Å². The average molecular weight is 568 g/mol. The lowest BCUT2D eigenvalue weighted by molar-refractivity contribution is -0.117. The van der Waals surface area contributed by atoms with Crippen molar-refractivity contribution in [3.63, 3.8) is 0 Å². The molecule has 42 heavy (non-hydrogen) atoms. The number of fused-ring (bicyclic) bond motifs is 1. The first-order chi connectivity index (χ1) is 20.2. The summed E-state index contributed by atoms with van der Waals surface area (Å²) in [6.45, 7) is 3.66. The standard InChI is InChI=1S/C31H30FN7O3/c1-18-16-38(27-9-8-23(32)12-25(18)27)24-10-20(13-35-14-24)17-39-28(21-6-5-7-22(11-21)30(41)34-4)36-15-26(31(39)42)37-29(40)19(2)33-3/h5-16,19,33H,17H2,1-4H3,(H,34,41)(H,37,40)/t19-/m0/s1. The second-order valence-electron chi connectivity index (χ2n) is 9.94. The number of halogens is 1. The second-order valence-corrected chi connectivity index (χ2v) is 9.94. The predicted molar refractivity (Wildman–Crippen MR) is 159 cm³/mol. The van der Waals surface area contributed by atoms with Gasteiger partial charge < -0.3 is 20.5 Å². The summed E-state index contributed by atoms with van der Waals surface area (Å²) in [6, 6.07) is 12.8. The molecule has 3 aromatic heterocycles. The van der Waals surface area contributed by atoms with Crippen LogP contribution in [0, 0.1) is 12.7 Å². The molecule has 0 bridgehead atoms. The lowest BCUT2D eigenvalue weighted by atomic mass is 10.1. The summed E-state index contributed by atoms with van der Waals surface area (Å²) in [5, 5.41) is 8.89. The number of pyridine rings is 1. The van der Waals surface area contributed by atoms with Crippen LogP contribution in [0.1, 0.15) is 28.4 Å². The van der Waals surface area contributed by atoms with Crippen molar-refractivity contribution in [3.05, 3.63) is 106 Å². The van der Waals surface area contributed by atoms with E-state index in [0.29, 0.717) is 22.5 Å². The number of likely N-dealkylation sites (N-methyl/N-ethyl adjacent to an activating group) is 1. The fourth-order valence-corrected chi connectivity index (χ4v) is 4.73. The van der Waals surface area contributed by atoms with Crippen LogP contribution in [-0.2, 0) is 11.3 Å². The van der Waals surface area contributed by atoms with Gasteiger partial charge in [0.2, 0.25) is 5.91 Å². The molecule has 214 valence electrons. The Morgan fingerprint density at radius 1 is 1.05 bits per heavy atom. The molecule has 11 heteroatoms. The van der Waals surface area contributed by atoms with E-state index in [1.54, 1.807) is 63.7 Å². The van der Waals surface area contributed by atoms with Crippen LogP contribution >= 0.6 is 0 Å². The molecular formula is C31H30FN7O3. The molecular weight excluding hydrogens is 537 g/mol. The Morgan fingerprint density at radius 2 is 1.86 bits per heavy atom. The van der Waals surface area contributed by atoms with Crippen molar-refractivity contribution in [2.75, 3.05) is 19.4 Å². The summed E-state index contributed by atoms with van der Waals surface area (Å²) in [5.41, 5.74) is 3.66. The number of rotatable bonds is 8. The van der Waals surface area contributed by atoms with Gasteiger partial charge in [-0.3, -0.25) is 23.9 Å². The van der Waals surface area contributed by atoms with Crippen molar-refractivity contribution in [2.24, 2.45) is 0 Å². The van der Waals surface area contributed by atoms with E-state index in [9.17, 15) is 18.8 Å². The highest BCUT2D eigenvalue weighted by atomic mass is 19.1. The number of nitrogens with zero attached hydrogens (tertiary/aromatic N) is 4. The van der Waals surface area contributed by atoms with E-state index in [1.165, 1.54) is 22.9 Å². The Balaban J connectivity index is 1.60. The summed E-state index contributed by atoms with van der Waals surface area (Å²) in [7, 11) is 3.19. The summed E-state index contributed by atoms with van der Waals surface area (Å²) >= 11 is 0. The number of anilines is 1. The maximum Gasteiger partial charge on any atom is 0.277 e. The minimum absolute atomic E-state index is 0.0199. The molecule has 2 aromatic carbocycles. The number of nitrogens with one attached hydrogen (secondary N) is 3. The van der Waals surface area contributed by atoms with Gasteiger partial charge in [-0.05, 0) is 68.4 Å². The van der Waals surface area contributed by atoms with Gasteiger partial charge in [-0.15, -0.1) is 0 Å². The van der Waals surface area contributed by atoms with Gasteiger partial charge in [0.1, 0.15) is 17.3 Å². The van der Waals surface area contributed by atoms with Crippen LogP contribution in [0.5, 0.6) is 0 Å². The smallest absolute Gasteiger partial charge is 0.277 e. The van der Waals surface area contributed by atoms with Gasteiger partial charge in [-0.1, -0.05) is 12.1 Å². The summed E-state index contributed by atoms with van der Waals surface area (Å²) in [6.07, 6.45) is 6.57. The van der Waals surface area contributed by atoms with Gasteiger partial charge in [0, 0.05) is 36.0 Å². The molecule has 10 nitrogen and oxygen atoms in total. The Labute approximate surface area is 241 Å². The van der Waals surface area contributed by atoms with Gasteiger partial charge >= 0.3 is 0 Å². The third-order valence-corrected chi connectivity index (χ3v) is 7.11. The van der Waals surface area contributed by atoms with Gasteiger partial charge in [-0.2, -0.15) is 0 Å². The van der Waals surface area contributed by atoms with Crippen molar-refractivity contribution < 1.29 is 14.0 Å². The normalized spacial score (nSPS) is 11.8. The van der Waals surface area contributed by atoms with E-state index in [2.05, 4.69) is 25.9 Å². The van der Waals surface area contributed by atoms with Crippen molar-refractivity contribution in [3.8, 4) is 17.1 Å². The van der Waals surface area contributed by atoms with E-state index in [0.717, 1.165) is 22.2 Å². The molecule has 0 saturated carbocycles. The highest BCUT2D eigenvalue weighted by Gasteiger charge is 2.18. The molecule has 3 N–H and O–H groups in total. The Morgan fingerprint density at radius 3 is 2.62 bits per heavy atom. The molecule has 5 aromatic rings. The zero-order valence-electron chi connectivity index (χ0n) is 23.6. The molecule has 5 rings (SSSR count). The Hall–Kier alpha value is -5.16.